The lowest BCUT2D eigenvalue weighted by Crippen LogP contribution is -2.54. The molecule has 0 radical (unpaired) electrons. The van der Waals surface area contributed by atoms with Crippen molar-refractivity contribution in [2.24, 2.45) is 17.6 Å². The highest BCUT2D eigenvalue weighted by atomic mass is 35.5. The standard InChI is InChI=1S/C27H43ClN4O4/c1-19(29)24(16-20-8-4-3-5-9-20)30-26(33)32-13-7-11-22(18-32)25(21-10-6-12-23(28)17-21)36-15-14-31(2)27(34)35/h6,10,12,17,19-20,22,24-25H,3-5,7-9,11,13-16,18,29H2,1-2H3,(H,30,33)(H,34,35)/t19-,22-,24+,25+/m1/s1. The van der Waals surface area contributed by atoms with E-state index in [4.69, 9.17) is 27.2 Å². The van der Waals surface area contributed by atoms with Gasteiger partial charge in [0.1, 0.15) is 0 Å². The predicted molar refractivity (Wildman–Crippen MR) is 142 cm³/mol. The topological polar surface area (TPSA) is 108 Å². The number of carbonyl (C=O) groups is 2. The summed E-state index contributed by atoms with van der Waals surface area (Å²) in [6.07, 6.45) is 7.74. The summed E-state index contributed by atoms with van der Waals surface area (Å²) in [6.45, 7) is 3.76. The Morgan fingerprint density at radius 1 is 1.25 bits per heavy atom. The van der Waals surface area contributed by atoms with Crippen LogP contribution in [0.4, 0.5) is 9.59 Å². The molecule has 1 heterocycles. The number of nitrogens with one attached hydrogen (secondary N) is 1. The van der Waals surface area contributed by atoms with E-state index in [0.717, 1.165) is 24.8 Å². The molecule has 1 aliphatic carbocycles. The van der Waals surface area contributed by atoms with Gasteiger partial charge in [-0.15, -0.1) is 0 Å². The number of halogens is 1. The van der Waals surface area contributed by atoms with Crippen LogP contribution in [0.5, 0.6) is 0 Å². The molecule has 1 aromatic rings. The third-order valence-corrected chi connectivity index (χ3v) is 7.89. The minimum atomic E-state index is -0.990. The fourth-order valence-corrected chi connectivity index (χ4v) is 5.68. The van der Waals surface area contributed by atoms with Gasteiger partial charge in [-0.1, -0.05) is 55.8 Å². The Morgan fingerprint density at radius 2 is 2.00 bits per heavy atom. The Balaban J connectivity index is 1.65. The molecule has 0 bridgehead atoms. The van der Waals surface area contributed by atoms with Crippen molar-refractivity contribution in [2.75, 3.05) is 33.3 Å². The molecule has 2 aliphatic rings. The summed E-state index contributed by atoms with van der Waals surface area (Å²) < 4.78 is 6.25. The number of urea groups is 1. The molecule has 4 atom stereocenters. The summed E-state index contributed by atoms with van der Waals surface area (Å²) >= 11 is 6.27. The van der Waals surface area contributed by atoms with Crippen LogP contribution in [0.25, 0.3) is 0 Å². The van der Waals surface area contributed by atoms with Crippen LogP contribution in [0, 0.1) is 11.8 Å². The molecule has 3 amide bonds. The van der Waals surface area contributed by atoms with Gasteiger partial charge in [0, 0.05) is 49.7 Å². The zero-order valence-corrected chi connectivity index (χ0v) is 22.5. The van der Waals surface area contributed by atoms with Gasteiger partial charge in [0.2, 0.25) is 0 Å². The fraction of sp³-hybridized carbons (Fsp3) is 0.704. The van der Waals surface area contributed by atoms with Crippen molar-refractivity contribution in [3.8, 4) is 0 Å². The second kappa shape index (κ2) is 14.1. The van der Waals surface area contributed by atoms with E-state index in [-0.39, 0.29) is 43.3 Å². The summed E-state index contributed by atoms with van der Waals surface area (Å²) in [5, 5.41) is 13.0. The van der Waals surface area contributed by atoms with Crippen molar-refractivity contribution >= 4 is 23.7 Å². The molecule has 1 aromatic carbocycles. The quantitative estimate of drug-likeness (QED) is 0.395. The van der Waals surface area contributed by atoms with Gasteiger partial charge < -0.3 is 30.7 Å². The maximum absolute atomic E-state index is 13.3. The molecule has 0 unspecified atom stereocenters. The summed E-state index contributed by atoms with van der Waals surface area (Å²) in [5.74, 6) is 0.707. The number of carbonyl (C=O) groups excluding carboxylic acids is 1. The number of piperidine rings is 1. The van der Waals surface area contributed by atoms with Crippen LogP contribution in [0.2, 0.25) is 5.02 Å². The van der Waals surface area contributed by atoms with Crippen LogP contribution in [-0.4, -0.2) is 72.4 Å². The maximum atomic E-state index is 13.3. The second-order valence-corrected chi connectivity index (χ2v) is 11.0. The molecule has 2 fully saturated rings. The first-order valence-corrected chi connectivity index (χ1v) is 13.7. The van der Waals surface area contributed by atoms with Gasteiger partial charge in [-0.2, -0.15) is 0 Å². The molecule has 202 valence electrons. The number of nitrogens with zero attached hydrogens (tertiary/aromatic N) is 2. The van der Waals surface area contributed by atoms with Gasteiger partial charge in [-0.25, -0.2) is 9.59 Å². The van der Waals surface area contributed by atoms with E-state index in [1.165, 1.54) is 44.1 Å². The van der Waals surface area contributed by atoms with E-state index in [1.807, 2.05) is 36.1 Å². The molecular weight excluding hydrogens is 480 g/mol. The lowest BCUT2D eigenvalue weighted by molar-refractivity contribution is -0.0156. The lowest BCUT2D eigenvalue weighted by atomic mass is 9.83. The average molecular weight is 523 g/mol. The number of likely N-dealkylation sites (N-methyl/N-ethyl adjacent to an activating group) is 1. The van der Waals surface area contributed by atoms with Crippen molar-refractivity contribution in [1.82, 2.24) is 15.1 Å². The lowest BCUT2D eigenvalue weighted by Gasteiger charge is -2.38. The van der Waals surface area contributed by atoms with E-state index in [9.17, 15) is 9.59 Å². The fourth-order valence-electron chi connectivity index (χ4n) is 5.48. The summed E-state index contributed by atoms with van der Waals surface area (Å²) in [5.41, 5.74) is 7.23. The Hall–Kier alpha value is -2.03. The van der Waals surface area contributed by atoms with Crippen molar-refractivity contribution in [3.05, 3.63) is 34.9 Å². The summed E-state index contributed by atoms with van der Waals surface area (Å²) in [6, 6.07) is 7.38. The molecule has 1 aliphatic heterocycles. The Bertz CT molecular complexity index is 849. The third-order valence-electron chi connectivity index (χ3n) is 7.66. The van der Waals surface area contributed by atoms with Gasteiger partial charge >= 0.3 is 12.1 Å². The Morgan fingerprint density at radius 3 is 2.67 bits per heavy atom. The van der Waals surface area contributed by atoms with Crippen LogP contribution >= 0.6 is 11.6 Å². The molecule has 9 heteroatoms. The van der Waals surface area contributed by atoms with Gasteiger partial charge in [-0.05, 0) is 49.8 Å². The van der Waals surface area contributed by atoms with Crippen molar-refractivity contribution < 1.29 is 19.4 Å². The predicted octanol–water partition coefficient (Wildman–Crippen LogP) is 5.12. The number of carboxylic acid groups (broad SMARTS) is 1. The molecule has 8 nitrogen and oxygen atoms in total. The molecule has 4 N–H and O–H groups in total. The van der Waals surface area contributed by atoms with Gasteiger partial charge in [0.25, 0.3) is 0 Å². The zero-order valence-electron chi connectivity index (χ0n) is 21.7. The number of hydrogen-bond acceptors (Lipinski definition) is 4. The van der Waals surface area contributed by atoms with E-state index in [1.54, 1.807) is 0 Å². The smallest absolute Gasteiger partial charge is 0.407 e. The van der Waals surface area contributed by atoms with Crippen molar-refractivity contribution in [3.63, 3.8) is 0 Å². The first-order chi connectivity index (χ1) is 17.2. The highest BCUT2D eigenvalue weighted by Crippen LogP contribution is 2.34. The van der Waals surface area contributed by atoms with Gasteiger partial charge in [-0.3, -0.25) is 0 Å². The highest BCUT2D eigenvalue weighted by molar-refractivity contribution is 6.30. The number of amides is 3. The van der Waals surface area contributed by atoms with Gasteiger partial charge in [0.05, 0.1) is 12.7 Å². The van der Waals surface area contributed by atoms with Crippen molar-refractivity contribution in [2.45, 2.75) is 76.5 Å². The first-order valence-electron chi connectivity index (χ1n) is 13.4. The third kappa shape index (κ3) is 8.53. The van der Waals surface area contributed by atoms with Crippen LogP contribution in [-0.2, 0) is 4.74 Å². The minimum Gasteiger partial charge on any atom is -0.465 e. The average Bonchev–Trinajstić information content (AvgIpc) is 2.86. The van der Waals surface area contributed by atoms with Crippen molar-refractivity contribution in [1.29, 1.82) is 0 Å². The Kier molecular flexibility index (Phi) is 11.1. The number of ether oxygens (including phenoxy) is 1. The zero-order chi connectivity index (χ0) is 26.1. The van der Waals surface area contributed by atoms with Gasteiger partial charge in [0.15, 0.2) is 0 Å². The second-order valence-electron chi connectivity index (χ2n) is 10.6. The number of rotatable bonds is 10. The van der Waals surface area contributed by atoms with Crippen LogP contribution in [0.1, 0.15) is 70.0 Å². The van der Waals surface area contributed by atoms with E-state index < -0.39 is 6.09 Å². The SMILES string of the molecule is C[C@@H](N)[C@H](CC1CCCCC1)NC(=O)N1CCC[C@@H]([C@@H](OCCN(C)C(=O)O)c2cccc(Cl)c2)C1. The van der Waals surface area contributed by atoms with E-state index in [0.29, 0.717) is 24.0 Å². The number of nitrogens with two attached hydrogens (primary N) is 1. The number of hydrogen-bond donors (Lipinski definition) is 3. The molecule has 1 saturated carbocycles. The largest absolute Gasteiger partial charge is 0.465 e. The monoisotopic (exact) mass is 522 g/mol. The highest BCUT2D eigenvalue weighted by Gasteiger charge is 2.33. The first kappa shape index (κ1) is 28.5. The maximum Gasteiger partial charge on any atom is 0.407 e. The van der Waals surface area contributed by atoms with Crippen LogP contribution in [0.3, 0.4) is 0 Å². The Labute approximate surface area is 220 Å². The molecule has 1 saturated heterocycles. The molecule has 3 rings (SSSR count). The molecule has 36 heavy (non-hydrogen) atoms. The van der Waals surface area contributed by atoms with Crippen LogP contribution in [0.15, 0.2) is 24.3 Å². The molecular formula is C27H43ClN4O4. The molecule has 0 aromatic heterocycles. The van der Waals surface area contributed by atoms with Crippen LogP contribution < -0.4 is 11.1 Å². The number of likely N-dealkylation sites (tertiary alicyclic amines) is 1. The normalized spacial score (nSPS) is 21.4. The van der Waals surface area contributed by atoms with E-state index >= 15 is 0 Å². The minimum absolute atomic E-state index is 0.0347. The number of benzene rings is 1. The summed E-state index contributed by atoms with van der Waals surface area (Å²) in [4.78, 5) is 27.6. The summed E-state index contributed by atoms with van der Waals surface area (Å²) in [7, 11) is 1.52. The molecule has 0 spiro atoms. The van der Waals surface area contributed by atoms with E-state index in [2.05, 4.69) is 5.32 Å².